The standard InChI is InChI=1S/C14H20N2O6S/c17-6-5-15-13-4-3-11(8-12(13)14(18)19)23(20,21)16-9-10-2-1-7-22-10/h3-4,8,10,15-17H,1-2,5-7,9H2,(H,18,19)/t10-/m0/s1. The number of aliphatic hydroxyl groups excluding tert-OH is 1. The summed E-state index contributed by atoms with van der Waals surface area (Å²) in [6.45, 7) is 0.793. The summed E-state index contributed by atoms with van der Waals surface area (Å²) in [5, 5.41) is 20.7. The van der Waals surface area contributed by atoms with Gasteiger partial charge in [-0.05, 0) is 31.0 Å². The van der Waals surface area contributed by atoms with Crippen LogP contribution < -0.4 is 10.0 Å². The number of carboxylic acid groups (broad SMARTS) is 1. The summed E-state index contributed by atoms with van der Waals surface area (Å²) in [7, 11) is -3.81. The van der Waals surface area contributed by atoms with Crippen molar-refractivity contribution in [3.63, 3.8) is 0 Å². The van der Waals surface area contributed by atoms with Crippen LogP contribution in [0, 0.1) is 0 Å². The SMILES string of the molecule is O=C(O)c1cc(S(=O)(=O)NC[C@@H]2CCCO2)ccc1NCCO. The first-order chi connectivity index (χ1) is 10.9. The maximum absolute atomic E-state index is 12.3. The van der Waals surface area contributed by atoms with Crippen molar-refractivity contribution in [2.24, 2.45) is 0 Å². The number of hydrogen-bond donors (Lipinski definition) is 4. The molecule has 8 nitrogen and oxygen atoms in total. The monoisotopic (exact) mass is 344 g/mol. The second-order valence-corrected chi connectivity index (χ2v) is 6.92. The average Bonchev–Trinajstić information content (AvgIpc) is 3.04. The fourth-order valence-corrected chi connectivity index (χ4v) is 3.40. The number of aromatic carboxylic acids is 1. The first-order valence-electron chi connectivity index (χ1n) is 7.27. The van der Waals surface area contributed by atoms with Gasteiger partial charge in [-0.25, -0.2) is 17.9 Å². The predicted octanol–water partition coefficient (Wildman–Crippen LogP) is 0.246. The maximum Gasteiger partial charge on any atom is 0.337 e. The lowest BCUT2D eigenvalue weighted by molar-refractivity contribution is 0.0697. The molecule has 1 saturated heterocycles. The fraction of sp³-hybridized carbons (Fsp3) is 0.500. The second kappa shape index (κ2) is 7.73. The molecule has 1 fully saturated rings. The number of anilines is 1. The van der Waals surface area contributed by atoms with E-state index in [9.17, 15) is 18.3 Å². The summed E-state index contributed by atoms with van der Waals surface area (Å²) < 4.78 is 32.3. The topological polar surface area (TPSA) is 125 Å². The maximum atomic E-state index is 12.3. The largest absolute Gasteiger partial charge is 0.478 e. The van der Waals surface area contributed by atoms with Crippen molar-refractivity contribution in [3.8, 4) is 0 Å². The molecular weight excluding hydrogens is 324 g/mol. The van der Waals surface area contributed by atoms with Gasteiger partial charge in [-0.2, -0.15) is 0 Å². The molecule has 0 amide bonds. The van der Waals surface area contributed by atoms with Gasteiger partial charge in [0.1, 0.15) is 0 Å². The van der Waals surface area contributed by atoms with E-state index < -0.39 is 16.0 Å². The Labute approximate surface area is 134 Å². The Morgan fingerprint density at radius 2 is 2.17 bits per heavy atom. The van der Waals surface area contributed by atoms with E-state index in [1.165, 1.54) is 12.1 Å². The van der Waals surface area contributed by atoms with Crippen molar-refractivity contribution in [2.45, 2.75) is 23.8 Å². The van der Waals surface area contributed by atoms with Crippen LogP contribution in [-0.2, 0) is 14.8 Å². The smallest absolute Gasteiger partial charge is 0.337 e. The van der Waals surface area contributed by atoms with E-state index in [-0.39, 0.29) is 41.9 Å². The van der Waals surface area contributed by atoms with Crippen LogP contribution in [0.25, 0.3) is 0 Å². The van der Waals surface area contributed by atoms with Crippen LogP contribution in [-0.4, -0.2) is 57.0 Å². The van der Waals surface area contributed by atoms with E-state index in [1.807, 2.05) is 0 Å². The van der Waals surface area contributed by atoms with E-state index in [1.54, 1.807) is 0 Å². The molecule has 1 atom stereocenters. The number of carboxylic acids is 1. The minimum Gasteiger partial charge on any atom is -0.478 e. The van der Waals surface area contributed by atoms with Crippen molar-refractivity contribution in [2.75, 3.05) is 31.6 Å². The zero-order valence-electron chi connectivity index (χ0n) is 12.5. The van der Waals surface area contributed by atoms with E-state index in [0.29, 0.717) is 6.61 Å². The number of aliphatic hydroxyl groups is 1. The zero-order valence-corrected chi connectivity index (χ0v) is 13.3. The first-order valence-corrected chi connectivity index (χ1v) is 8.75. The summed E-state index contributed by atoms with van der Waals surface area (Å²) in [5.41, 5.74) is 0.0862. The van der Waals surface area contributed by atoms with Gasteiger partial charge in [0.2, 0.25) is 10.0 Å². The quantitative estimate of drug-likeness (QED) is 0.532. The van der Waals surface area contributed by atoms with Gasteiger partial charge in [0.25, 0.3) is 0 Å². The molecule has 1 aliphatic heterocycles. The summed E-state index contributed by atoms with van der Waals surface area (Å²) in [6, 6.07) is 3.80. The van der Waals surface area contributed by atoms with Crippen molar-refractivity contribution in [3.05, 3.63) is 23.8 Å². The number of carbonyl (C=O) groups is 1. The number of benzene rings is 1. The number of hydrogen-bond acceptors (Lipinski definition) is 6. The molecule has 0 aliphatic carbocycles. The number of sulfonamides is 1. The molecule has 0 aromatic heterocycles. The molecule has 0 unspecified atom stereocenters. The minimum absolute atomic E-state index is 0.123. The molecule has 2 rings (SSSR count). The molecule has 0 radical (unpaired) electrons. The van der Waals surface area contributed by atoms with Gasteiger partial charge < -0.3 is 20.3 Å². The molecule has 1 aromatic rings. The Morgan fingerprint density at radius 1 is 1.39 bits per heavy atom. The highest BCUT2D eigenvalue weighted by Gasteiger charge is 2.22. The highest BCUT2D eigenvalue weighted by Crippen LogP contribution is 2.21. The lowest BCUT2D eigenvalue weighted by Gasteiger charge is -2.13. The Morgan fingerprint density at radius 3 is 2.78 bits per heavy atom. The molecular formula is C14H20N2O6S. The fourth-order valence-electron chi connectivity index (χ4n) is 2.30. The molecule has 128 valence electrons. The Bertz CT molecular complexity index is 655. The number of rotatable bonds is 8. The van der Waals surface area contributed by atoms with E-state index >= 15 is 0 Å². The summed E-state index contributed by atoms with van der Waals surface area (Å²) in [6.07, 6.45) is 1.56. The third-order valence-electron chi connectivity index (χ3n) is 3.48. The average molecular weight is 344 g/mol. The van der Waals surface area contributed by atoms with Crippen LogP contribution in [0.1, 0.15) is 23.2 Å². The molecule has 0 bridgehead atoms. The molecule has 1 aliphatic rings. The molecule has 9 heteroatoms. The van der Waals surface area contributed by atoms with Crippen molar-refractivity contribution < 1.29 is 28.2 Å². The van der Waals surface area contributed by atoms with Crippen LogP contribution in [0.3, 0.4) is 0 Å². The molecule has 4 N–H and O–H groups in total. The lowest BCUT2D eigenvalue weighted by Crippen LogP contribution is -2.32. The van der Waals surface area contributed by atoms with Gasteiger partial charge in [-0.15, -0.1) is 0 Å². The van der Waals surface area contributed by atoms with E-state index in [4.69, 9.17) is 9.84 Å². The van der Waals surface area contributed by atoms with Crippen molar-refractivity contribution in [1.82, 2.24) is 4.72 Å². The van der Waals surface area contributed by atoms with E-state index in [0.717, 1.165) is 18.9 Å². The van der Waals surface area contributed by atoms with Gasteiger partial charge in [0.05, 0.1) is 23.2 Å². The van der Waals surface area contributed by atoms with Crippen LogP contribution >= 0.6 is 0 Å². The Kier molecular flexibility index (Phi) is 5.94. The van der Waals surface area contributed by atoms with Gasteiger partial charge in [-0.1, -0.05) is 0 Å². The Hall–Kier alpha value is -1.68. The third kappa shape index (κ3) is 4.64. The second-order valence-electron chi connectivity index (χ2n) is 5.15. The third-order valence-corrected chi connectivity index (χ3v) is 4.91. The van der Waals surface area contributed by atoms with E-state index in [2.05, 4.69) is 10.0 Å². The van der Waals surface area contributed by atoms with Crippen LogP contribution in [0.4, 0.5) is 5.69 Å². The molecule has 0 saturated carbocycles. The van der Waals surface area contributed by atoms with Crippen molar-refractivity contribution in [1.29, 1.82) is 0 Å². The summed E-state index contributed by atoms with van der Waals surface area (Å²) in [4.78, 5) is 11.2. The van der Waals surface area contributed by atoms with Crippen LogP contribution in [0.2, 0.25) is 0 Å². The van der Waals surface area contributed by atoms with Crippen molar-refractivity contribution >= 4 is 21.7 Å². The molecule has 0 spiro atoms. The molecule has 1 aromatic carbocycles. The Balaban J connectivity index is 2.16. The van der Waals surface area contributed by atoms with Crippen LogP contribution in [0.15, 0.2) is 23.1 Å². The summed E-state index contributed by atoms with van der Waals surface area (Å²) in [5.74, 6) is -1.25. The zero-order chi connectivity index (χ0) is 16.9. The normalized spacial score (nSPS) is 18.0. The van der Waals surface area contributed by atoms with Gasteiger partial charge in [-0.3, -0.25) is 0 Å². The predicted molar refractivity (Wildman–Crippen MR) is 83.1 cm³/mol. The molecule has 23 heavy (non-hydrogen) atoms. The lowest BCUT2D eigenvalue weighted by atomic mass is 10.2. The highest BCUT2D eigenvalue weighted by molar-refractivity contribution is 7.89. The summed E-state index contributed by atoms with van der Waals surface area (Å²) >= 11 is 0. The number of nitrogens with one attached hydrogen (secondary N) is 2. The first kappa shape index (κ1) is 17.7. The number of ether oxygens (including phenoxy) is 1. The molecule has 1 heterocycles. The van der Waals surface area contributed by atoms with Gasteiger partial charge >= 0.3 is 5.97 Å². The van der Waals surface area contributed by atoms with Gasteiger partial charge in [0.15, 0.2) is 0 Å². The minimum atomic E-state index is -3.81. The highest BCUT2D eigenvalue weighted by atomic mass is 32.2. The van der Waals surface area contributed by atoms with Crippen LogP contribution in [0.5, 0.6) is 0 Å². The van der Waals surface area contributed by atoms with Gasteiger partial charge in [0, 0.05) is 25.4 Å².